The van der Waals surface area contributed by atoms with Gasteiger partial charge in [-0.1, -0.05) is 13.8 Å². The van der Waals surface area contributed by atoms with E-state index in [4.69, 9.17) is 0 Å². The first kappa shape index (κ1) is 16.3. The van der Waals surface area contributed by atoms with E-state index in [2.05, 4.69) is 10.2 Å². The van der Waals surface area contributed by atoms with E-state index in [1.807, 2.05) is 43.0 Å². The molecule has 0 aliphatic carbocycles. The zero-order valence-electron chi connectivity index (χ0n) is 13.5. The molecule has 1 aromatic rings. The third-order valence-corrected chi connectivity index (χ3v) is 3.93. The second-order valence-corrected chi connectivity index (χ2v) is 5.57. The van der Waals surface area contributed by atoms with Crippen LogP contribution in [0.25, 0.3) is 0 Å². The molecule has 1 saturated heterocycles. The summed E-state index contributed by atoms with van der Waals surface area (Å²) in [5.41, 5.74) is 1.96. The van der Waals surface area contributed by atoms with Crippen LogP contribution >= 0.6 is 0 Å². The number of nitrogens with one attached hydrogen (secondary N) is 1. The number of anilines is 2. The Kier molecular flexibility index (Phi) is 5.81. The molecule has 1 heterocycles. The predicted molar refractivity (Wildman–Crippen MR) is 89.1 cm³/mol. The summed E-state index contributed by atoms with van der Waals surface area (Å²) in [6, 6.07) is 7.90. The maximum Gasteiger partial charge on any atom is 0.224 e. The molecule has 2 rings (SSSR count). The van der Waals surface area contributed by atoms with Gasteiger partial charge in [-0.3, -0.25) is 9.59 Å². The van der Waals surface area contributed by atoms with Gasteiger partial charge >= 0.3 is 0 Å². The Morgan fingerprint density at radius 2 is 1.68 bits per heavy atom. The van der Waals surface area contributed by atoms with Crippen LogP contribution in [0.15, 0.2) is 24.3 Å². The summed E-state index contributed by atoms with van der Waals surface area (Å²) in [6.07, 6.45) is 2.03. The number of piperazine rings is 1. The summed E-state index contributed by atoms with van der Waals surface area (Å²) < 4.78 is 0. The maximum atomic E-state index is 11.9. The number of hydrogen-bond acceptors (Lipinski definition) is 3. The second kappa shape index (κ2) is 7.82. The fraction of sp³-hybridized carbons (Fsp3) is 0.529. The Morgan fingerprint density at radius 3 is 2.23 bits per heavy atom. The van der Waals surface area contributed by atoms with Crippen molar-refractivity contribution >= 4 is 23.2 Å². The summed E-state index contributed by atoms with van der Waals surface area (Å²) in [6.45, 7) is 7.16. The number of nitrogens with zero attached hydrogens (tertiary/aromatic N) is 2. The number of rotatable bonds is 5. The first-order valence-electron chi connectivity index (χ1n) is 8.06. The quantitative estimate of drug-likeness (QED) is 0.909. The second-order valence-electron chi connectivity index (χ2n) is 5.57. The SMILES string of the molecule is CCCC(=O)N1CCN(c2ccc(NC(=O)CC)cc2)CC1. The van der Waals surface area contributed by atoms with Crippen molar-refractivity contribution in [1.29, 1.82) is 0 Å². The largest absolute Gasteiger partial charge is 0.368 e. The van der Waals surface area contributed by atoms with E-state index in [1.54, 1.807) is 0 Å². The van der Waals surface area contributed by atoms with E-state index in [1.165, 1.54) is 0 Å². The molecule has 0 spiro atoms. The Labute approximate surface area is 132 Å². The molecule has 5 heteroatoms. The van der Waals surface area contributed by atoms with Crippen molar-refractivity contribution in [2.75, 3.05) is 36.4 Å². The minimum atomic E-state index is 0.0239. The number of amides is 2. The third-order valence-electron chi connectivity index (χ3n) is 3.93. The standard InChI is InChI=1S/C17H25N3O2/c1-3-5-17(22)20-12-10-19(11-13-20)15-8-6-14(7-9-15)18-16(21)4-2/h6-9H,3-5,10-13H2,1-2H3,(H,18,21). The highest BCUT2D eigenvalue weighted by Crippen LogP contribution is 2.20. The van der Waals surface area contributed by atoms with E-state index < -0.39 is 0 Å². The van der Waals surface area contributed by atoms with Crippen molar-refractivity contribution in [3.05, 3.63) is 24.3 Å². The van der Waals surface area contributed by atoms with Gasteiger partial charge in [0.1, 0.15) is 0 Å². The van der Waals surface area contributed by atoms with Crippen LogP contribution in [0, 0.1) is 0 Å². The minimum absolute atomic E-state index is 0.0239. The minimum Gasteiger partial charge on any atom is -0.368 e. The molecule has 0 aromatic heterocycles. The zero-order chi connectivity index (χ0) is 15.9. The monoisotopic (exact) mass is 303 g/mol. The van der Waals surface area contributed by atoms with Crippen molar-refractivity contribution in [3.63, 3.8) is 0 Å². The Hall–Kier alpha value is -2.04. The first-order chi connectivity index (χ1) is 10.6. The highest BCUT2D eigenvalue weighted by Gasteiger charge is 2.20. The van der Waals surface area contributed by atoms with E-state index >= 15 is 0 Å². The molecule has 5 nitrogen and oxygen atoms in total. The molecule has 120 valence electrons. The van der Waals surface area contributed by atoms with Gasteiger partial charge in [0, 0.05) is 50.4 Å². The normalized spacial score (nSPS) is 14.8. The lowest BCUT2D eigenvalue weighted by Crippen LogP contribution is -2.48. The molecule has 1 fully saturated rings. The van der Waals surface area contributed by atoms with Crippen LogP contribution in [-0.4, -0.2) is 42.9 Å². The lowest BCUT2D eigenvalue weighted by atomic mass is 10.2. The zero-order valence-corrected chi connectivity index (χ0v) is 13.5. The summed E-state index contributed by atoms with van der Waals surface area (Å²) in [5, 5.41) is 2.85. The molecule has 1 aliphatic rings. The van der Waals surface area contributed by atoms with Crippen molar-refractivity contribution in [2.45, 2.75) is 33.1 Å². The van der Waals surface area contributed by atoms with Crippen LogP contribution in [-0.2, 0) is 9.59 Å². The number of carbonyl (C=O) groups excluding carboxylic acids is 2. The van der Waals surface area contributed by atoms with E-state index in [-0.39, 0.29) is 11.8 Å². The summed E-state index contributed by atoms with van der Waals surface area (Å²) in [5.74, 6) is 0.288. The van der Waals surface area contributed by atoms with Crippen molar-refractivity contribution < 1.29 is 9.59 Å². The van der Waals surface area contributed by atoms with Crippen LogP contribution in [0.3, 0.4) is 0 Å². The summed E-state index contributed by atoms with van der Waals surface area (Å²) in [4.78, 5) is 27.5. The lowest BCUT2D eigenvalue weighted by Gasteiger charge is -2.36. The molecule has 0 atom stereocenters. The van der Waals surface area contributed by atoms with Crippen molar-refractivity contribution in [2.24, 2.45) is 0 Å². The smallest absolute Gasteiger partial charge is 0.224 e. The third kappa shape index (κ3) is 4.23. The molecule has 2 amide bonds. The van der Waals surface area contributed by atoms with Crippen LogP contribution in [0.4, 0.5) is 11.4 Å². The molecule has 1 N–H and O–H groups in total. The van der Waals surface area contributed by atoms with Crippen LogP contribution < -0.4 is 10.2 Å². The predicted octanol–water partition coefficient (Wildman–Crippen LogP) is 2.48. The molecule has 0 unspecified atom stereocenters. The van der Waals surface area contributed by atoms with Crippen LogP contribution in [0.1, 0.15) is 33.1 Å². The molecular weight excluding hydrogens is 278 g/mol. The molecule has 1 aliphatic heterocycles. The molecule has 22 heavy (non-hydrogen) atoms. The average molecular weight is 303 g/mol. The number of benzene rings is 1. The average Bonchev–Trinajstić information content (AvgIpc) is 2.56. The Bertz CT molecular complexity index is 505. The topological polar surface area (TPSA) is 52.7 Å². The fourth-order valence-corrected chi connectivity index (χ4v) is 2.59. The molecule has 0 radical (unpaired) electrons. The Morgan fingerprint density at radius 1 is 1.05 bits per heavy atom. The van der Waals surface area contributed by atoms with Crippen LogP contribution in [0.2, 0.25) is 0 Å². The lowest BCUT2D eigenvalue weighted by molar-refractivity contribution is -0.131. The number of carbonyl (C=O) groups is 2. The van der Waals surface area contributed by atoms with Gasteiger partial charge in [0.2, 0.25) is 11.8 Å². The van der Waals surface area contributed by atoms with E-state index in [0.29, 0.717) is 12.8 Å². The van der Waals surface area contributed by atoms with Crippen LogP contribution in [0.5, 0.6) is 0 Å². The van der Waals surface area contributed by atoms with Gasteiger partial charge in [0.25, 0.3) is 0 Å². The highest BCUT2D eigenvalue weighted by atomic mass is 16.2. The summed E-state index contributed by atoms with van der Waals surface area (Å²) in [7, 11) is 0. The molecule has 0 saturated carbocycles. The molecule has 1 aromatic carbocycles. The van der Waals surface area contributed by atoms with E-state index in [0.717, 1.165) is 44.0 Å². The van der Waals surface area contributed by atoms with E-state index in [9.17, 15) is 9.59 Å². The highest BCUT2D eigenvalue weighted by molar-refractivity contribution is 5.90. The van der Waals surface area contributed by atoms with Gasteiger partial charge in [-0.2, -0.15) is 0 Å². The van der Waals surface area contributed by atoms with Gasteiger partial charge in [0.05, 0.1) is 0 Å². The van der Waals surface area contributed by atoms with Crippen molar-refractivity contribution in [3.8, 4) is 0 Å². The Balaban J connectivity index is 1.88. The van der Waals surface area contributed by atoms with Gasteiger partial charge in [0.15, 0.2) is 0 Å². The van der Waals surface area contributed by atoms with Gasteiger partial charge in [-0.05, 0) is 30.7 Å². The van der Waals surface area contributed by atoms with Gasteiger partial charge < -0.3 is 15.1 Å². The fourth-order valence-electron chi connectivity index (χ4n) is 2.59. The molecular formula is C17H25N3O2. The van der Waals surface area contributed by atoms with Gasteiger partial charge in [-0.25, -0.2) is 0 Å². The molecule has 0 bridgehead atoms. The maximum absolute atomic E-state index is 11.9. The van der Waals surface area contributed by atoms with Crippen molar-refractivity contribution in [1.82, 2.24) is 4.90 Å². The summed E-state index contributed by atoms with van der Waals surface area (Å²) >= 11 is 0. The first-order valence-corrected chi connectivity index (χ1v) is 8.06. The number of hydrogen-bond donors (Lipinski definition) is 1. The van der Waals surface area contributed by atoms with Gasteiger partial charge in [-0.15, -0.1) is 0 Å².